The highest BCUT2D eigenvalue weighted by Crippen LogP contribution is 2.43. The molecule has 2 amide bonds. The lowest BCUT2D eigenvalue weighted by Gasteiger charge is -2.47. The zero-order valence-corrected chi connectivity index (χ0v) is 29.4. The van der Waals surface area contributed by atoms with Gasteiger partial charge in [-0.15, -0.1) is 0 Å². The molecule has 0 aliphatic carbocycles. The molecule has 3 aliphatic rings. The summed E-state index contributed by atoms with van der Waals surface area (Å²) >= 11 is 0. The summed E-state index contributed by atoms with van der Waals surface area (Å²) in [4.78, 5) is 70.5. The van der Waals surface area contributed by atoms with Gasteiger partial charge in [0, 0.05) is 37.8 Å². The van der Waals surface area contributed by atoms with Crippen molar-refractivity contribution in [3.05, 3.63) is 0 Å². The molecule has 13 heteroatoms. The SMILES string of the molecule is C.CC[C@H]1OC(=O)[C@H](C)C(=O)[C@H](C)[C@@H](O[C@@H]2O[C@H](C)C[C@H](N(C)C)[C@H]2O)[C@](C)(OC)C[C@@H](C)C(=O)[C@H](C)[C@H]2N(C(C)=O)C(=O)O[C@]12C. The zero-order valence-electron chi connectivity index (χ0n) is 29.4. The number of aliphatic hydroxyl groups excluding tert-OH is 1. The van der Waals surface area contributed by atoms with E-state index in [1.165, 1.54) is 21.0 Å². The summed E-state index contributed by atoms with van der Waals surface area (Å²) in [6, 6.07) is -1.38. The molecule has 3 heterocycles. The van der Waals surface area contributed by atoms with Gasteiger partial charge in [0.25, 0.3) is 0 Å². The van der Waals surface area contributed by atoms with E-state index in [4.69, 9.17) is 23.7 Å². The number of nitrogens with zero attached hydrogens (tertiary/aromatic N) is 2. The topological polar surface area (TPSA) is 158 Å². The summed E-state index contributed by atoms with van der Waals surface area (Å²) < 4.78 is 30.2. The first-order chi connectivity index (χ1) is 21.2. The highest BCUT2D eigenvalue weighted by Gasteiger charge is 2.61. The van der Waals surface area contributed by atoms with E-state index in [9.17, 15) is 29.1 Å². The summed E-state index contributed by atoms with van der Waals surface area (Å²) in [6.45, 7) is 14.5. The van der Waals surface area contributed by atoms with Gasteiger partial charge in [0.15, 0.2) is 17.7 Å². The Balaban J connectivity index is 0.00000768. The van der Waals surface area contributed by atoms with Gasteiger partial charge in [0.2, 0.25) is 5.91 Å². The Hall–Kier alpha value is -2.45. The van der Waals surface area contributed by atoms with Crippen molar-refractivity contribution < 1.29 is 52.8 Å². The number of esters is 1. The molecule has 0 unspecified atom stereocenters. The van der Waals surface area contributed by atoms with Crippen molar-refractivity contribution in [2.45, 2.75) is 143 Å². The molecule has 1 N–H and O–H groups in total. The maximum Gasteiger partial charge on any atom is 0.417 e. The highest BCUT2D eigenvalue weighted by molar-refractivity contribution is 6.00. The number of ketones is 2. The van der Waals surface area contributed by atoms with Crippen LogP contribution in [0.15, 0.2) is 0 Å². The molecule has 270 valence electrons. The first kappa shape index (κ1) is 40.7. The molecule has 0 spiro atoms. The summed E-state index contributed by atoms with van der Waals surface area (Å²) in [5.41, 5.74) is -2.86. The first-order valence-electron chi connectivity index (χ1n) is 16.3. The Kier molecular flexibility index (Phi) is 13.3. The maximum atomic E-state index is 14.2. The maximum absolute atomic E-state index is 14.2. The number of methoxy groups -OCH3 is 1. The van der Waals surface area contributed by atoms with Gasteiger partial charge < -0.3 is 33.7 Å². The van der Waals surface area contributed by atoms with Crippen LogP contribution in [-0.2, 0) is 42.9 Å². The van der Waals surface area contributed by atoms with Gasteiger partial charge in [-0.1, -0.05) is 35.1 Å². The number of likely N-dealkylation sites (N-methyl/N-ethyl adjacent to an activating group) is 1. The Bertz CT molecular complexity index is 1180. The van der Waals surface area contributed by atoms with E-state index in [2.05, 4.69) is 0 Å². The van der Waals surface area contributed by atoms with Crippen LogP contribution in [0.4, 0.5) is 4.79 Å². The minimum absolute atomic E-state index is 0. The lowest BCUT2D eigenvalue weighted by Crippen LogP contribution is -2.60. The molecule has 0 aromatic rings. The molecule has 0 bridgehead atoms. The third kappa shape index (κ3) is 7.74. The first-order valence-corrected chi connectivity index (χ1v) is 16.3. The molecule has 3 saturated heterocycles. The summed E-state index contributed by atoms with van der Waals surface area (Å²) in [5.74, 6) is -6.12. The number of aliphatic hydroxyl groups is 1. The molecule has 0 radical (unpaired) electrons. The molecular weight excluding hydrogens is 612 g/mol. The van der Waals surface area contributed by atoms with Crippen molar-refractivity contribution in [1.29, 1.82) is 0 Å². The van der Waals surface area contributed by atoms with E-state index in [1.54, 1.807) is 41.5 Å². The van der Waals surface area contributed by atoms with Crippen LogP contribution < -0.4 is 0 Å². The minimum Gasteiger partial charge on any atom is -0.458 e. The number of fused-ring (bicyclic) bond motifs is 1. The van der Waals surface area contributed by atoms with Crippen LogP contribution in [0, 0.1) is 23.7 Å². The quantitative estimate of drug-likeness (QED) is 0.336. The molecule has 3 rings (SSSR count). The van der Waals surface area contributed by atoms with Gasteiger partial charge >= 0.3 is 12.1 Å². The van der Waals surface area contributed by atoms with Crippen molar-refractivity contribution in [2.75, 3.05) is 21.2 Å². The van der Waals surface area contributed by atoms with E-state index in [1.807, 2.05) is 25.9 Å². The summed E-state index contributed by atoms with van der Waals surface area (Å²) in [6.07, 6.45) is -4.73. The summed E-state index contributed by atoms with van der Waals surface area (Å²) in [7, 11) is 5.15. The van der Waals surface area contributed by atoms with E-state index in [0.29, 0.717) is 6.42 Å². The van der Waals surface area contributed by atoms with E-state index >= 15 is 0 Å². The molecule has 13 atom stereocenters. The monoisotopic (exact) mass is 670 g/mol. The van der Waals surface area contributed by atoms with Crippen molar-refractivity contribution in [3.8, 4) is 0 Å². The number of imide groups is 1. The number of ether oxygens (including phenoxy) is 5. The highest BCUT2D eigenvalue weighted by atomic mass is 16.7. The van der Waals surface area contributed by atoms with Gasteiger partial charge in [-0.05, 0) is 61.1 Å². The number of carbonyl (C=O) groups is 5. The number of amides is 2. The number of hydrogen-bond acceptors (Lipinski definition) is 12. The smallest absolute Gasteiger partial charge is 0.417 e. The van der Waals surface area contributed by atoms with Gasteiger partial charge in [0.05, 0.1) is 23.9 Å². The van der Waals surface area contributed by atoms with Crippen LogP contribution >= 0.6 is 0 Å². The standard InChI is InChI=1S/C33H54N2O11.CH4/c1-13-23-33(9)27(35(21(7)36)31(41)46-33)18(4)24(37)16(2)15-32(8,42-12)28(19(5)25(38)20(6)29(40)44-23)45-30-26(39)22(34(10)11)14-17(3)43-30;/h16-20,22-23,26-28,30,39H,13-15H2,1-12H3;1H4/t16-,17-,18+,19+,20-,22+,23-,26-,27-,28-,30+,32-,33-;/m1./s1. The molecular formula is C34H58N2O11. The largest absolute Gasteiger partial charge is 0.458 e. The van der Waals surface area contributed by atoms with Crippen molar-refractivity contribution in [2.24, 2.45) is 23.7 Å². The fourth-order valence-electron chi connectivity index (χ4n) is 7.69. The molecule has 0 saturated carbocycles. The van der Waals surface area contributed by atoms with Crippen LogP contribution in [0.25, 0.3) is 0 Å². The lowest BCUT2D eigenvalue weighted by molar-refractivity contribution is -0.295. The number of cyclic esters (lactones) is 1. The molecule has 47 heavy (non-hydrogen) atoms. The van der Waals surface area contributed by atoms with Crippen molar-refractivity contribution in [1.82, 2.24) is 9.80 Å². The Morgan fingerprint density at radius 2 is 1.64 bits per heavy atom. The lowest BCUT2D eigenvalue weighted by atomic mass is 9.73. The Morgan fingerprint density at radius 1 is 1.04 bits per heavy atom. The fourth-order valence-corrected chi connectivity index (χ4v) is 7.69. The Labute approximate surface area is 279 Å². The van der Waals surface area contributed by atoms with Crippen molar-refractivity contribution >= 4 is 29.5 Å². The molecule has 3 fully saturated rings. The Morgan fingerprint density at radius 3 is 2.15 bits per heavy atom. The zero-order chi connectivity index (χ0) is 35.0. The van der Waals surface area contributed by atoms with Gasteiger partial charge in [0.1, 0.15) is 23.9 Å². The number of Topliss-reactive ketones (excluding diaryl/α,β-unsaturated/α-hetero) is 2. The van der Waals surface area contributed by atoms with Crippen LogP contribution in [0.3, 0.4) is 0 Å². The predicted octanol–water partition coefficient (Wildman–Crippen LogP) is 3.37. The second kappa shape index (κ2) is 15.4. The second-order valence-corrected chi connectivity index (χ2v) is 14.1. The minimum atomic E-state index is -1.56. The molecule has 0 aromatic heterocycles. The van der Waals surface area contributed by atoms with Crippen LogP contribution in [0.2, 0.25) is 0 Å². The van der Waals surface area contributed by atoms with E-state index in [0.717, 1.165) is 4.90 Å². The second-order valence-electron chi connectivity index (χ2n) is 14.1. The van der Waals surface area contributed by atoms with E-state index < -0.39 is 89.3 Å². The van der Waals surface area contributed by atoms with Gasteiger partial charge in [-0.2, -0.15) is 0 Å². The van der Waals surface area contributed by atoms with Crippen LogP contribution in [0.1, 0.15) is 89.0 Å². The number of hydrogen-bond donors (Lipinski definition) is 1. The van der Waals surface area contributed by atoms with Crippen molar-refractivity contribution in [3.63, 3.8) is 0 Å². The van der Waals surface area contributed by atoms with Crippen LogP contribution in [-0.4, -0.2) is 120 Å². The average Bonchev–Trinajstić information content (AvgIpc) is 3.27. The molecule has 0 aromatic carbocycles. The number of rotatable bonds is 5. The third-order valence-electron chi connectivity index (χ3n) is 10.4. The normalized spacial score (nSPS) is 42.3. The average molecular weight is 671 g/mol. The van der Waals surface area contributed by atoms with Crippen LogP contribution in [0.5, 0.6) is 0 Å². The van der Waals surface area contributed by atoms with Gasteiger partial charge in [-0.25, -0.2) is 9.69 Å². The molecule has 13 nitrogen and oxygen atoms in total. The van der Waals surface area contributed by atoms with E-state index in [-0.39, 0.29) is 38.2 Å². The third-order valence-corrected chi connectivity index (χ3v) is 10.4. The summed E-state index contributed by atoms with van der Waals surface area (Å²) in [5, 5.41) is 11.3. The fraction of sp³-hybridized carbons (Fsp3) is 0.853. The van der Waals surface area contributed by atoms with Gasteiger partial charge in [-0.3, -0.25) is 19.2 Å². The molecule has 3 aliphatic heterocycles. The number of carbonyl (C=O) groups excluding carboxylic acids is 5. The predicted molar refractivity (Wildman–Crippen MR) is 172 cm³/mol.